The van der Waals surface area contributed by atoms with Crippen molar-refractivity contribution in [3.63, 3.8) is 0 Å². The Labute approximate surface area is 170 Å². The minimum absolute atomic E-state index is 0.530. The molecule has 0 N–H and O–H groups in total. The average Bonchev–Trinajstić information content (AvgIpc) is 2.65. The lowest BCUT2D eigenvalue weighted by atomic mass is 10.2. The Bertz CT molecular complexity index is 900. The van der Waals surface area contributed by atoms with Crippen LogP contribution in [0.5, 0.6) is 0 Å². The lowest BCUT2D eigenvalue weighted by Gasteiger charge is -2.23. The molecule has 0 amide bonds. The maximum absolute atomic E-state index is 6.36. The average molecular weight is 401 g/mol. The lowest BCUT2D eigenvalue weighted by molar-refractivity contribution is 0.692. The number of hydrogen-bond donors (Lipinski definition) is 0. The van der Waals surface area contributed by atoms with Gasteiger partial charge in [-0.05, 0) is 37.1 Å². The molecule has 0 radical (unpaired) electrons. The molecule has 1 aromatic heterocycles. The number of aromatic nitrogens is 3. The van der Waals surface area contributed by atoms with Crippen molar-refractivity contribution in [3.05, 3.63) is 70.0 Å². The van der Waals surface area contributed by atoms with E-state index in [-0.39, 0.29) is 0 Å². The molecule has 3 rings (SSSR count). The number of unbranched alkanes of at least 4 members (excludes halogenated alkanes) is 1. The molecule has 27 heavy (non-hydrogen) atoms. The van der Waals surface area contributed by atoms with Crippen LogP contribution >= 0.6 is 23.2 Å². The molecule has 0 saturated heterocycles. The fourth-order valence-corrected chi connectivity index (χ4v) is 3.30. The van der Waals surface area contributed by atoms with Crippen molar-refractivity contribution < 1.29 is 0 Å². The fraction of sp³-hybridized carbons (Fsp3) is 0.286. The molecule has 0 bridgehead atoms. The Morgan fingerprint density at radius 1 is 0.963 bits per heavy atom. The summed E-state index contributed by atoms with van der Waals surface area (Å²) in [5.41, 5.74) is 1.97. The van der Waals surface area contributed by atoms with Crippen molar-refractivity contribution >= 4 is 29.2 Å². The summed E-state index contributed by atoms with van der Waals surface area (Å²) in [6.45, 7) is 5.68. The van der Waals surface area contributed by atoms with Crippen LogP contribution < -0.4 is 4.90 Å². The van der Waals surface area contributed by atoms with Gasteiger partial charge in [0.05, 0.1) is 5.02 Å². The first kappa shape index (κ1) is 19.6. The zero-order valence-corrected chi connectivity index (χ0v) is 17.0. The third kappa shape index (κ3) is 5.18. The van der Waals surface area contributed by atoms with Crippen LogP contribution in [0.1, 0.15) is 31.2 Å². The highest BCUT2D eigenvalue weighted by atomic mass is 35.5. The second-order valence-corrected chi connectivity index (χ2v) is 7.23. The summed E-state index contributed by atoms with van der Waals surface area (Å²) in [4.78, 5) is 16.0. The molecule has 0 spiro atoms. The number of halogens is 2. The van der Waals surface area contributed by atoms with E-state index in [9.17, 15) is 0 Å². The number of benzene rings is 2. The molecule has 1 heterocycles. The standard InChI is InChI=1S/C21H22Cl2N4/c1-3-4-12-27(14-16-8-6-5-7-9-16)21-25-15(2)24-20(26-21)18-11-10-17(22)13-19(18)23/h5-11,13H,3-4,12,14H2,1-2H3. The number of hydrogen-bond acceptors (Lipinski definition) is 4. The molecule has 0 aliphatic carbocycles. The molecule has 4 nitrogen and oxygen atoms in total. The molecule has 0 aliphatic heterocycles. The summed E-state index contributed by atoms with van der Waals surface area (Å²) >= 11 is 12.4. The minimum atomic E-state index is 0.530. The third-order valence-electron chi connectivity index (χ3n) is 4.19. The first-order valence-corrected chi connectivity index (χ1v) is 9.79. The Kier molecular flexibility index (Phi) is 6.64. The van der Waals surface area contributed by atoms with Gasteiger partial charge in [-0.2, -0.15) is 9.97 Å². The van der Waals surface area contributed by atoms with Crippen LogP contribution in [0.25, 0.3) is 11.4 Å². The Hall–Kier alpha value is -2.17. The first-order chi connectivity index (χ1) is 13.1. The normalized spacial score (nSPS) is 10.8. The zero-order valence-electron chi connectivity index (χ0n) is 15.5. The van der Waals surface area contributed by atoms with Gasteiger partial charge in [0.15, 0.2) is 5.82 Å². The minimum Gasteiger partial charge on any atom is -0.336 e. The van der Waals surface area contributed by atoms with E-state index in [2.05, 4.69) is 33.9 Å². The van der Waals surface area contributed by atoms with Gasteiger partial charge in [0.2, 0.25) is 5.95 Å². The largest absolute Gasteiger partial charge is 0.336 e. The number of nitrogens with zero attached hydrogens (tertiary/aromatic N) is 4. The zero-order chi connectivity index (χ0) is 19.2. The molecule has 0 atom stereocenters. The van der Waals surface area contributed by atoms with Gasteiger partial charge in [0.25, 0.3) is 0 Å². The maximum atomic E-state index is 6.36. The Morgan fingerprint density at radius 3 is 2.44 bits per heavy atom. The van der Waals surface area contributed by atoms with E-state index >= 15 is 0 Å². The van der Waals surface area contributed by atoms with Gasteiger partial charge in [-0.15, -0.1) is 0 Å². The molecule has 0 aliphatic rings. The van der Waals surface area contributed by atoms with Crippen LogP contribution in [-0.2, 0) is 6.54 Å². The molecule has 2 aromatic carbocycles. The predicted octanol–water partition coefficient (Wildman–Crippen LogP) is 5.96. The monoisotopic (exact) mass is 400 g/mol. The molecule has 0 saturated carbocycles. The van der Waals surface area contributed by atoms with Crippen molar-refractivity contribution in [3.8, 4) is 11.4 Å². The van der Waals surface area contributed by atoms with Gasteiger partial charge >= 0.3 is 0 Å². The lowest BCUT2D eigenvalue weighted by Crippen LogP contribution is -2.26. The van der Waals surface area contributed by atoms with Gasteiger partial charge in [0.1, 0.15) is 5.82 Å². The quantitative estimate of drug-likeness (QED) is 0.490. The maximum Gasteiger partial charge on any atom is 0.229 e. The first-order valence-electron chi connectivity index (χ1n) is 9.04. The summed E-state index contributed by atoms with van der Waals surface area (Å²) in [5, 5.41) is 1.12. The van der Waals surface area contributed by atoms with E-state index in [0.717, 1.165) is 31.5 Å². The van der Waals surface area contributed by atoms with Crippen LogP contribution in [0.15, 0.2) is 48.5 Å². The molecule has 0 fully saturated rings. The van der Waals surface area contributed by atoms with E-state index in [4.69, 9.17) is 28.2 Å². The summed E-state index contributed by atoms with van der Waals surface area (Å²) in [5.74, 6) is 1.89. The van der Waals surface area contributed by atoms with E-state index < -0.39 is 0 Å². The molecular weight excluding hydrogens is 379 g/mol. The smallest absolute Gasteiger partial charge is 0.229 e. The van der Waals surface area contributed by atoms with Gasteiger partial charge in [-0.1, -0.05) is 66.9 Å². The highest BCUT2D eigenvalue weighted by Gasteiger charge is 2.15. The van der Waals surface area contributed by atoms with Gasteiger partial charge in [0, 0.05) is 23.7 Å². The number of rotatable bonds is 7. The summed E-state index contributed by atoms with van der Waals surface area (Å²) in [6, 6.07) is 15.7. The molecular formula is C21H22Cl2N4. The molecule has 0 unspecified atom stereocenters. The van der Waals surface area contributed by atoms with Crippen molar-refractivity contribution in [1.82, 2.24) is 15.0 Å². The van der Waals surface area contributed by atoms with E-state index in [1.54, 1.807) is 12.1 Å². The summed E-state index contributed by atoms with van der Waals surface area (Å²) < 4.78 is 0. The second kappa shape index (κ2) is 9.16. The van der Waals surface area contributed by atoms with E-state index in [0.29, 0.717) is 27.6 Å². The fourth-order valence-electron chi connectivity index (χ4n) is 2.80. The van der Waals surface area contributed by atoms with Crippen molar-refractivity contribution in [2.75, 3.05) is 11.4 Å². The van der Waals surface area contributed by atoms with Crippen molar-refractivity contribution in [2.45, 2.75) is 33.2 Å². The predicted molar refractivity (Wildman–Crippen MR) is 112 cm³/mol. The highest BCUT2D eigenvalue weighted by Crippen LogP contribution is 2.29. The van der Waals surface area contributed by atoms with E-state index in [1.165, 1.54) is 5.56 Å². The number of aryl methyl sites for hydroxylation is 1. The molecule has 6 heteroatoms. The second-order valence-electron chi connectivity index (χ2n) is 6.39. The van der Waals surface area contributed by atoms with Crippen LogP contribution in [-0.4, -0.2) is 21.5 Å². The Morgan fingerprint density at radius 2 is 1.74 bits per heavy atom. The summed E-state index contributed by atoms with van der Waals surface area (Å²) in [6.07, 6.45) is 2.17. The molecule has 3 aromatic rings. The molecule has 140 valence electrons. The van der Waals surface area contributed by atoms with Gasteiger partial charge in [-0.25, -0.2) is 4.98 Å². The highest BCUT2D eigenvalue weighted by molar-refractivity contribution is 6.36. The Balaban J connectivity index is 1.97. The van der Waals surface area contributed by atoms with Crippen LogP contribution in [0.4, 0.5) is 5.95 Å². The topological polar surface area (TPSA) is 41.9 Å². The van der Waals surface area contributed by atoms with Gasteiger partial charge in [-0.3, -0.25) is 0 Å². The van der Waals surface area contributed by atoms with Crippen LogP contribution in [0.2, 0.25) is 10.0 Å². The van der Waals surface area contributed by atoms with Crippen molar-refractivity contribution in [2.24, 2.45) is 0 Å². The van der Waals surface area contributed by atoms with Crippen molar-refractivity contribution in [1.29, 1.82) is 0 Å². The SMILES string of the molecule is CCCCN(Cc1ccccc1)c1nc(C)nc(-c2ccc(Cl)cc2Cl)n1. The summed E-state index contributed by atoms with van der Waals surface area (Å²) in [7, 11) is 0. The van der Waals surface area contributed by atoms with Crippen LogP contribution in [0, 0.1) is 6.92 Å². The number of anilines is 1. The third-order valence-corrected chi connectivity index (χ3v) is 4.74. The van der Waals surface area contributed by atoms with E-state index in [1.807, 2.05) is 31.2 Å². The van der Waals surface area contributed by atoms with Crippen LogP contribution in [0.3, 0.4) is 0 Å². The van der Waals surface area contributed by atoms with Gasteiger partial charge < -0.3 is 4.90 Å².